The Morgan fingerprint density at radius 1 is 1.27 bits per heavy atom. The lowest BCUT2D eigenvalue weighted by molar-refractivity contribution is -0.119. The van der Waals surface area contributed by atoms with Crippen LogP contribution in [0.3, 0.4) is 0 Å². The van der Waals surface area contributed by atoms with Crippen LogP contribution in [-0.2, 0) is 4.79 Å². The third-order valence-electron chi connectivity index (χ3n) is 4.21. The van der Waals surface area contributed by atoms with Gasteiger partial charge in [-0.05, 0) is 37.8 Å². The molecule has 1 saturated carbocycles. The van der Waals surface area contributed by atoms with Crippen LogP contribution < -0.4 is 11.1 Å². The molecule has 1 aliphatic rings. The van der Waals surface area contributed by atoms with Gasteiger partial charge >= 0.3 is 0 Å². The highest BCUT2D eigenvalue weighted by Crippen LogP contribution is 2.26. The third-order valence-corrected chi connectivity index (χ3v) is 5.22. The fraction of sp³-hybridized carbons (Fsp3) is 0.588. The van der Waals surface area contributed by atoms with Crippen LogP contribution in [0, 0.1) is 12.8 Å². The number of halogens is 1. The van der Waals surface area contributed by atoms with E-state index >= 15 is 0 Å². The topological polar surface area (TPSA) is 55.1 Å². The second-order valence-electron chi connectivity index (χ2n) is 5.91. The molecule has 3 nitrogen and oxygen atoms in total. The Morgan fingerprint density at radius 2 is 1.91 bits per heavy atom. The standard InChI is InChI=1S/C17H26N2OS.ClH/c1-13-7-9-15(10-8-13)21-12-17(20)19-16(11-18)14-5-3-2-4-6-14;/h7-10,14,16H,2-6,11-12,18H2,1H3,(H,19,20);1H. The molecule has 0 heterocycles. The van der Waals surface area contributed by atoms with E-state index in [1.807, 2.05) is 0 Å². The molecule has 0 bridgehead atoms. The summed E-state index contributed by atoms with van der Waals surface area (Å²) >= 11 is 1.58. The van der Waals surface area contributed by atoms with E-state index in [0.29, 0.717) is 18.2 Å². The fourth-order valence-electron chi connectivity index (χ4n) is 2.94. The molecule has 0 saturated heterocycles. The van der Waals surface area contributed by atoms with E-state index in [9.17, 15) is 4.79 Å². The van der Waals surface area contributed by atoms with Crippen molar-refractivity contribution >= 4 is 30.1 Å². The van der Waals surface area contributed by atoms with Gasteiger partial charge in [0, 0.05) is 17.5 Å². The fourth-order valence-corrected chi connectivity index (χ4v) is 3.65. The number of amides is 1. The van der Waals surface area contributed by atoms with Crippen molar-refractivity contribution in [2.75, 3.05) is 12.3 Å². The second kappa shape index (κ2) is 10.1. The largest absolute Gasteiger partial charge is 0.351 e. The van der Waals surface area contributed by atoms with E-state index in [0.717, 1.165) is 4.90 Å². The normalized spacial score (nSPS) is 16.6. The monoisotopic (exact) mass is 342 g/mol. The molecule has 1 atom stereocenters. The van der Waals surface area contributed by atoms with Gasteiger partial charge in [-0.25, -0.2) is 0 Å². The molecule has 0 aliphatic heterocycles. The van der Waals surface area contributed by atoms with Crippen molar-refractivity contribution in [3.05, 3.63) is 29.8 Å². The van der Waals surface area contributed by atoms with Crippen LogP contribution in [0.5, 0.6) is 0 Å². The molecule has 3 N–H and O–H groups in total. The molecule has 2 rings (SSSR count). The van der Waals surface area contributed by atoms with Gasteiger partial charge in [0.05, 0.1) is 5.75 Å². The first-order valence-corrected chi connectivity index (χ1v) is 8.86. The first kappa shape index (κ1) is 19.3. The van der Waals surface area contributed by atoms with Crippen LogP contribution >= 0.6 is 24.2 Å². The Kier molecular flexibility index (Phi) is 8.91. The average molecular weight is 343 g/mol. The lowest BCUT2D eigenvalue weighted by atomic mass is 9.84. The number of thioether (sulfide) groups is 1. The average Bonchev–Trinajstić information content (AvgIpc) is 2.53. The summed E-state index contributed by atoms with van der Waals surface area (Å²) in [7, 11) is 0. The summed E-state index contributed by atoms with van der Waals surface area (Å²) in [4.78, 5) is 13.2. The van der Waals surface area contributed by atoms with E-state index < -0.39 is 0 Å². The molecular weight excluding hydrogens is 316 g/mol. The van der Waals surface area contributed by atoms with E-state index in [2.05, 4.69) is 36.5 Å². The van der Waals surface area contributed by atoms with Crippen molar-refractivity contribution in [2.24, 2.45) is 11.7 Å². The van der Waals surface area contributed by atoms with Crippen molar-refractivity contribution in [3.8, 4) is 0 Å². The maximum atomic E-state index is 12.1. The number of nitrogens with one attached hydrogen (secondary N) is 1. The molecule has 1 unspecified atom stereocenters. The molecule has 1 aromatic rings. The number of carbonyl (C=O) groups is 1. The summed E-state index contributed by atoms with van der Waals surface area (Å²) in [5, 5.41) is 3.13. The number of rotatable bonds is 6. The van der Waals surface area contributed by atoms with Crippen LogP contribution in [0.25, 0.3) is 0 Å². The third kappa shape index (κ3) is 6.19. The smallest absolute Gasteiger partial charge is 0.230 e. The van der Waals surface area contributed by atoms with Gasteiger partial charge in [0.15, 0.2) is 0 Å². The minimum absolute atomic E-state index is 0. The second-order valence-corrected chi connectivity index (χ2v) is 6.96. The number of hydrogen-bond acceptors (Lipinski definition) is 3. The van der Waals surface area contributed by atoms with Crippen molar-refractivity contribution in [2.45, 2.75) is 50.0 Å². The van der Waals surface area contributed by atoms with Gasteiger partial charge < -0.3 is 11.1 Å². The summed E-state index contributed by atoms with van der Waals surface area (Å²) in [5.74, 6) is 1.13. The van der Waals surface area contributed by atoms with Gasteiger partial charge in [-0.1, -0.05) is 37.0 Å². The van der Waals surface area contributed by atoms with Crippen LogP contribution in [0.2, 0.25) is 0 Å². The molecular formula is C17H27ClN2OS. The maximum absolute atomic E-state index is 12.1. The van der Waals surface area contributed by atoms with Crippen molar-refractivity contribution in [1.29, 1.82) is 0 Å². The van der Waals surface area contributed by atoms with Crippen molar-refractivity contribution < 1.29 is 4.79 Å². The zero-order valence-corrected chi connectivity index (χ0v) is 14.8. The predicted octanol–water partition coefficient (Wildman–Crippen LogP) is 3.53. The summed E-state index contributed by atoms with van der Waals surface area (Å²) in [6.07, 6.45) is 6.27. The van der Waals surface area contributed by atoms with Gasteiger partial charge in [0.2, 0.25) is 5.91 Å². The van der Waals surface area contributed by atoms with Gasteiger partial charge in [-0.2, -0.15) is 0 Å². The summed E-state index contributed by atoms with van der Waals surface area (Å²) in [6.45, 7) is 2.61. The summed E-state index contributed by atoms with van der Waals surface area (Å²) in [5.41, 5.74) is 7.09. The van der Waals surface area contributed by atoms with Crippen LogP contribution in [0.1, 0.15) is 37.7 Å². The Balaban J connectivity index is 0.00000242. The predicted molar refractivity (Wildman–Crippen MR) is 96.7 cm³/mol. The highest BCUT2D eigenvalue weighted by molar-refractivity contribution is 8.00. The molecule has 1 aliphatic carbocycles. The quantitative estimate of drug-likeness (QED) is 0.777. The number of aryl methyl sites for hydroxylation is 1. The first-order chi connectivity index (χ1) is 10.2. The maximum Gasteiger partial charge on any atom is 0.230 e. The number of nitrogens with two attached hydrogens (primary N) is 1. The lowest BCUT2D eigenvalue weighted by Gasteiger charge is -2.30. The highest BCUT2D eigenvalue weighted by Gasteiger charge is 2.23. The molecule has 22 heavy (non-hydrogen) atoms. The van der Waals surface area contributed by atoms with E-state index in [1.54, 1.807) is 11.8 Å². The minimum atomic E-state index is 0. The van der Waals surface area contributed by atoms with Crippen molar-refractivity contribution in [3.63, 3.8) is 0 Å². The van der Waals surface area contributed by atoms with Crippen LogP contribution in [-0.4, -0.2) is 24.2 Å². The van der Waals surface area contributed by atoms with Gasteiger partial charge in [0.1, 0.15) is 0 Å². The number of carbonyl (C=O) groups excluding carboxylic acids is 1. The Hall–Kier alpha value is -0.710. The molecule has 0 spiro atoms. The van der Waals surface area contributed by atoms with Gasteiger partial charge in [-0.15, -0.1) is 24.2 Å². The Labute approximate surface area is 144 Å². The van der Waals surface area contributed by atoms with E-state index in [4.69, 9.17) is 5.73 Å². The molecule has 1 amide bonds. The van der Waals surface area contributed by atoms with Crippen LogP contribution in [0.4, 0.5) is 0 Å². The van der Waals surface area contributed by atoms with E-state index in [1.165, 1.54) is 37.7 Å². The summed E-state index contributed by atoms with van der Waals surface area (Å²) < 4.78 is 0. The van der Waals surface area contributed by atoms with Crippen molar-refractivity contribution in [1.82, 2.24) is 5.32 Å². The minimum Gasteiger partial charge on any atom is -0.351 e. The summed E-state index contributed by atoms with van der Waals surface area (Å²) in [6, 6.07) is 8.43. The van der Waals surface area contributed by atoms with E-state index in [-0.39, 0.29) is 24.4 Å². The van der Waals surface area contributed by atoms with Gasteiger partial charge in [-0.3, -0.25) is 4.79 Å². The lowest BCUT2D eigenvalue weighted by Crippen LogP contribution is -2.46. The number of hydrogen-bond donors (Lipinski definition) is 2. The molecule has 1 aromatic carbocycles. The highest BCUT2D eigenvalue weighted by atomic mass is 35.5. The SMILES string of the molecule is Cc1ccc(SCC(=O)NC(CN)C2CCCCC2)cc1.Cl. The number of benzene rings is 1. The van der Waals surface area contributed by atoms with Crippen LogP contribution in [0.15, 0.2) is 29.2 Å². The Morgan fingerprint density at radius 3 is 2.50 bits per heavy atom. The first-order valence-electron chi connectivity index (χ1n) is 7.88. The molecule has 0 aromatic heterocycles. The molecule has 0 radical (unpaired) electrons. The zero-order valence-electron chi connectivity index (χ0n) is 13.2. The Bertz CT molecular complexity index is 446. The molecule has 1 fully saturated rings. The zero-order chi connectivity index (χ0) is 15.1. The van der Waals surface area contributed by atoms with Gasteiger partial charge in [0.25, 0.3) is 0 Å². The molecule has 5 heteroatoms. The molecule has 124 valence electrons.